The van der Waals surface area contributed by atoms with Crippen LogP contribution in [0.1, 0.15) is 38.7 Å². The predicted octanol–water partition coefficient (Wildman–Crippen LogP) is 3.58. The molecule has 1 aliphatic heterocycles. The van der Waals surface area contributed by atoms with Gasteiger partial charge in [-0.25, -0.2) is 9.59 Å². The minimum Gasteiger partial charge on any atom is -0.478 e. The lowest BCUT2D eigenvalue weighted by molar-refractivity contribution is -0.141. The van der Waals surface area contributed by atoms with Crippen LogP contribution < -0.4 is 10.1 Å². The Morgan fingerprint density at radius 1 is 1.10 bits per heavy atom. The molecule has 0 radical (unpaired) electrons. The Balaban J connectivity index is 2.46. The van der Waals surface area contributed by atoms with Gasteiger partial charge < -0.3 is 24.6 Å². The fraction of sp³-hybridized carbons (Fsp3) is 0.429. The molecule has 0 saturated carbocycles. The van der Waals surface area contributed by atoms with Crippen LogP contribution in [0.5, 0.6) is 5.75 Å². The average Bonchev–Trinajstić information content (AvgIpc) is 2.66. The van der Waals surface area contributed by atoms with E-state index in [0.717, 1.165) is 6.42 Å². The summed E-state index contributed by atoms with van der Waals surface area (Å²) in [6.45, 7) is 2.65. The molecule has 2 N–H and O–H groups in total. The van der Waals surface area contributed by atoms with Crippen molar-refractivity contribution < 1.29 is 37.7 Å². The quantitative estimate of drug-likeness (QED) is 0.437. The van der Waals surface area contributed by atoms with Gasteiger partial charge in [-0.2, -0.15) is 8.78 Å². The normalized spacial score (nSPS) is 16.5. The molecule has 2 rings (SSSR count). The summed E-state index contributed by atoms with van der Waals surface area (Å²) in [6, 6.07) is 5.80. The van der Waals surface area contributed by atoms with Crippen molar-refractivity contribution in [3.8, 4) is 5.75 Å². The first kappa shape index (κ1) is 23.3. The van der Waals surface area contributed by atoms with Gasteiger partial charge in [-0.3, -0.25) is 0 Å². The smallest absolute Gasteiger partial charge is 0.387 e. The highest BCUT2D eigenvalue weighted by Crippen LogP contribution is 2.42. The molecule has 0 aromatic heterocycles. The highest BCUT2D eigenvalue weighted by atomic mass is 19.3. The molecule has 1 aromatic carbocycles. The van der Waals surface area contributed by atoms with E-state index in [1.165, 1.54) is 25.1 Å². The molecule has 0 fully saturated rings. The van der Waals surface area contributed by atoms with Gasteiger partial charge >= 0.3 is 18.6 Å². The maximum absolute atomic E-state index is 12.9. The second-order valence-electron chi connectivity index (χ2n) is 6.61. The fourth-order valence-electron chi connectivity index (χ4n) is 3.30. The number of carbonyl (C=O) groups is 2. The lowest BCUT2D eigenvalue weighted by Gasteiger charge is -2.30. The van der Waals surface area contributed by atoms with Crippen LogP contribution in [0.4, 0.5) is 8.78 Å². The van der Waals surface area contributed by atoms with E-state index in [1.807, 2.05) is 6.92 Å². The van der Waals surface area contributed by atoms with Crippen LogP contribution >= 0.6 is 0 Å². The van der Waals surface area contributed by atoms with Gasteiger partial charge in [-0.05, 0) is 26.3 Å². The first-order chi connectivity index (χ1) is 14.3. The highest BCUT2D eigenvalue weighted by molar-refractivity contribution is 5.99. The molecule has 7 nitrogen and oxygen atoms in total. The number of esters is 1. The Kier molecular flexibility index (Phi) is 8.35. The van der Waals surface area contributed by atoms with Crippen LogP contribution in [0.25, 0.3) is 0 Å². The third-order valence-electron chi connectivity index (χ3n) is 4.47. The Labute approximate surface area is 173 Å². The molecule has 1 aromatic rings. The number of para-hydroxylation sites is 1. The summed E-state index contributed by atoms with van der Waals surface area (Å²) >= 11 is 0. The van der Waals surface area contributed by atoms with E-state index in [2.05, 4.69) is 10.1 Å². The number of nitrogens with one attached hydrogen (secondary N) is 1. The van der Waals surface area contributed by atoms with Gasteiger partial charge in [0.2, 0.25) is 0 Å². The summed E-state index contributed by atoms with van der Waals surface area (Å²) < 4.78 is 41.0. The maximum Gasteiger partial charge on any atom is 0.387 e. The number of alkyl halides is 2. The van der Waals surface area contributed by atoms with Crippen LogP contribution in [-0.2, 0) is 19.1 Å². The molecular weight excluding hydrogens is 400 g/mol. The van der Waals surface area contributed by atoms with Gasteiger partial charge in [0.1, 0.15) is 12.4 Å². The molecule has 164 valence electrons. The third-order valence-corrected chi connectivity index (χ3v) is 4.47. The summed E-state index contributed by atoms with van der Waals surface area (Å²) in [5, 5.41) is 12.7. The SMILES string of the molecule is CCCOCCOC(=O)C1=C(C)NC(C)=C(C(=O)O)[C@@H]1c1ccccc1OC(F)F. The van der Waals surface area contributed by atoms with Gasteiger partial charge in [0, 0.05) is 23.6 Å². The number of benzene rings is 1. The van der Waals surface area contributed by atoms with E-state index in [-0.39, 0.29) is 35.7 Å². The zero-order valence-corrected chi connectivity index (χ0v) is 17.0. The predicted molar refractivity (Wildman–Crippen MR) is 104 cm³/mol. The topological polar surface area (TPSA) is 94.1 Å². The van der Waals surface area contributed by atoms with E-state index >= 15 is 0 Å². The Hall–Kier alpha value is -2.94. The van der Waals surface area contributed by atoms with E-state index in [4.69, 9.17) is 9.47 Å². The monoisotopic (exact) mass is 425 g/mol. The Bertz CT molecular complexity index is 850. The number of carboxylic acid groups (broad SMARTS) is 1. The maximum atomic E-state index is 12.9. The van der Waals surface area contributed by atoms with Crippen LogP contribution in [0.15, 0.2) is 46.8 Å². The van der Waals surface area contributed by atoms with Gasteiger partial charge in [-0.1, -0.05) is 25.1 Å². The Morgan fingerprint density at radius 3 is 2.40 bits per heavy atom. The minimum absolute atomic E-state index is 0.0128. The van der Waals surface area contributed by atoms with Crippen molar-refractivity contribution >= 4 is 11.9 Å². The number of rotatable bonds is 10. The molecule has 0 saturated heterocycles. The van der Waals surface area contributed by atoms with Crippen LogP contribution in [0.2, 0.25) is 0 Å². The minimum atomic E-state index is -3.11. The van der Waals surface area contributed by atoms with E-state index < -0.39 is 24.5 Å². The van der Waals surface area contributed by atoms with Crippen molar-refractivity contribution in [1.29, 1.82) is 0 Å². The zero-order valence-electron chi connectivity index (χ0n) is 17.0. The van der Waals surface area contributed by atoms with E-state index in [0.29, 0.717) is 18.0 Å². The third kappa shape index (κ3) is 5.56. The van der Waals surface area contributed by atoms with E-state index in [1.54, 1.807) is 13.0 Å². The zero-order chi connectivity index (χ0) is 22.3. The van der Waals surface area contributed by atoms with Crippen molar-refractivity contribution in [1.82, 2.24) is 5.32 Å². The van der Waals surface area contributed by atoms with Crippen molar-refractivity contribution in [2.75, 3.05) is 19.8 Å². The molecule has 0 aliphatic carbocycles. The number of carbonyl (C=O) groups excluding carboxylic acids is 1. The molecule has 9 heteroatoms. The summed E-state index contributed by atoms with van der Waals surface area (Å²) in [7, 11) is 0. The largest absolute Gasteiger partial charge is 0.478 e. The van der Waals surface area contributed by atoms with Crippen molar-refractivity contribution in [3.05, 3.63) is 52.4 Å². The van der Waals surface area contributed by atoms with Crippen molar-refractivity contribution in [2.45, 2.75) is 39.7 Å². The molecule has 1 atom stereocenters. The van der Waals surface area contributed by atoms with Crippen LogP contribution in [-0.4, -0.2) is 43.5 Å². The number of halogens is 2. The fourth-order valence-corrected chi connectivity index (χ4v) is 3.30. The number of ether oxygens (including phenoxy) is 3. The second kappa shape index (κ2) is 10.7. The summed E-state index contributed by atoms with van der Waals surface area (Å²) in [4.78, 5) is 24.9. The molecule has 0 amide bonds. The van der Waals surface area contributed by atoms with Gasteiger partial charge in [0.15, 0.2) is 0 Å². The number of dihydropyridines is 1. The molecule has 1 aliphatic rings. The second-order valence-corrected chi connectivity index (χ2v) is 6.61. The van der Waals surface area contributed by atoms with Crippen LogP contribution in [0.3, 0.4) is 0 Å². The standard InChI is InChI=1S/C21H25F2NO6/c1-4-9-28-10-11-29-20(27)17-13(3)24-12(2)16(19(25)26)18(17)14-7-5-6-8-15(14)30-21(22)23/h5-8,18,21,24H,4,9-11H2,1-3H3,(H,25,26)/t18-/m0/s1. The van der Waals surface area contributed by atoms with Crippen LogP contribution in [0, 0.1) is 0 Å². The Morgan fingerprint density at radius 2 is 1.77 bits per heavy atom. The average molecular weight is 425 g/mol. The number of hydrogen-bond acceptors (Lipinski definition) is 6. The molecule has 0 bridgehead atoms. The number of aliphatic carboxylic acids is 1. The number of carboxylic acids is 1. The first-order valence-electron chi connectivity index (χ1n) is 9.48. The summed E-state index contributed by atoms with van der Waals surface area (Å²) in [5.41, 5.74) is 0.650. The highest BCUT2D eigenvalue weighted by Gasteiger charge is 2.38. The molecule has 0 spiro atoms. The van der Waals surface area contributed by atoms with Crippen molar-refractivity contribution in [3.63, 3.8) is 0 Å². The molecule has 30 heavy (non-hydrogen) atoms. The molecule has 0 unspecified atom stereocenters. The number of hydrogen-bond donors (Lipinski definition) is 2. The summed E-state index contributed by atoms with van der Waals surface area (Å²) in [5.74, 6) is -3.41. The van der Waals surface area contributed by atoms with Gasteiger partial charge in [0.25, 0.3) is 0 Å². The van der Waals surface area contributed by atoms with Crippen molar-refractivity contribution in [2.24, 2.45) is 0 Å². The number of allylic oxidation sites excluding steroid dienone is 2. The molecule has 1 heterocycles. The summed E-state index contributed by atoms with van der Waals surface area (Å²) in [6.07, 6.45) is 0.817. The molecular formula is C21H25F2NO6. The van der Waals surface area contributed by atoms with E-state index in [9.17, 15) is 23.5 Å². The lowest BCUT2D eigenvalue weighted by Crippen LogP contribution is -2.32. The lowest BCUT2D eigenvalue weighted by atomic mass is 9.80. The first-order valence-corrected chi connectivity index (χ1v) is 9.48. The van der Waals surface area contributed by atoms with Gasteiger partial charge in [0.05, 0.1) is 23.7 Å². The van der Waals surface area contributed by atoms with Gasteiger partial charge in [-0.15, -0.1) is 0 Å².